The lowest BCUT2D eigenvalue weighted by atomic mass is 9.99. The predicted molar refractivity (Wildman–Crippen MR) is 53.4 cm³/mol. The summed E-state index contributed by atoms with van der Waals surface area (Å²) in [4.78, 5) is 0. The second-order valence-electron chi connectivity index (χ2n) is 3.67. The third kappa shape index (κ3) is 3.20. The van der Waals surface area contributed by atoms with E-state index in [1.54, 1.807) is 6.92 Å². The van der Waals surface area contributed by atoms with Gasteiger partial charge in [0, 0.05) is 6.04 Å². The van der Waals surface area contributed by atoms with Crippen LogP contribution in [0.1, 0.15) is 24.5 Å². The van der Waals surface area contributed by atoms with Crippen molar-refractivity contribution in [2.45, 2.75) is 32.0 Å². The van der Waals surface area contributed by atoms with E-state index in [2.05, 4.69) is 0 Å². The van der Waals surface area contributed by atoms with Gasteiger partial charge in [-0.2, -0.15) is 13.2 Å². The lowest BCUT2D eigenvalue weighted by molar-refractivity contribution is -0.138. The van der Waals surface area contributed by atoms with Gasteiger partial charge in [-0.1, -0.05) is 13.0 Å². The number of hydrogen-bond donors (Lipinski definition) is 1. The van der Waals surface area contributed by atoms with Crippen LogP contribution in [0.2, 0.25) is 0 Å². The van der Waals surface area contributed by atoms with E-state index >= 15 is 0 Å². The molecule has 0 saturated heterocycles. The third-order valence-electron chi connectivity index (χ3n) is 2.38. The Kier molecular flexibility index (Phi) is 3.91. The molecule has 0 heterocycles. The Balaban J connectivity index is 3.08. The molecule has 1 nitrogen and oxygen atoms in total. The normalized spacial score (nSPS) is 13.9. The largest absolute Gasteiger partial charge is 0.416 e. The molecule has 1 unspecified atom stereocenters. The first-order valence-corrected chi connectivity index (χ1v) is 4.95. The quantitative estimate of drug-likeness (QED) is 0.800. The highest BCUT2D eigenvalue weighted by Crippen LogP contribution is 2.33. The van der Waals surface area contributed by atoms with Crippen LogP contribution in [0.5, 0.6) is 0 Å². The van der Waals surface area contributed by atoms with Crippen LogP contribution in [0.3, 0.4) is 0 Å². The predicted octanol–water partition coefficient (Wildman–Crippen LogP) is 3.12. The molecule has 0 aliphatic rings. The summed E-state index contributed by atoms with van der Waals surface area (Å²) in [5, 5.41) is 0. The maximum absolute atomic E-state index is 12.8. The fraction of sp³-hybridized carbons (Fsp3) is 0.455. The molecule has 0 amide bonds. The first kappa shape index (κ1) is 13.0. The number of alkyl halides is 3. The molecule has 5 heteroatoms. The summed E-state index contributed by atoms with van der Waals surface area (Å²) in [5.41, 5.74) is 4.70. The van der Waals surface area contributed by atoms with E-state index in [0.29, 0.717) is 12.5 Å². The molecule has 0 radical (unpaired) electrons. The van der Waals surface area contributed by atoms with Crippen LogP contribution >= 0.6 is 0 Å². The molecule has 1 aromatic rings. The van der Waals surface area contributed by atoms with Crippen molar-refractivity contribution in [3.63, 3.8) is 0 Å². The second kappa shape index (κ2) is 4.82. The van der Waals surface area contributed by atoms with Gasteiger partial charge < -0.3 is 5.73 Å². The second-order valence-corrected chi connectivity index (χ2v) is 3.67. The van der Waals surface area contributed by atoms with E-state index in [1.807, 2.05) is 0 Å². The Bertz CT molecular complexity index is 359. The van der Waals surface area contributed by atoms with Gasteiger partial charge in [0.15, 0.2) is 0 Å². The Hall–Kier alpha value is -1.10. The van der Waals surface area contributed by atoms with Crippen molar-refractivity contribution >= 4 is 0 Å². The fourth-order valence-corrected chi connectivity index (χ4v) is 1.42. The molecule has 0 fully saturated rings. The molecule has 0 bridgehead atoms. The molecular formula is C11H13F4N. The van der Waals surface area contributed by atoms with Gasteiger partial charge >= 0.3 is 6.18 Å². The van der Waals surface area contributed by atoms with Crippen molar-refractivity contribution in [2.24, 2.45) is 5.73 Å². The van der Waals surface area contributed by atoms with Crippen LogP contribution in [0.4, 0.5) is 17.6 Å². The van der Waals surface area contributed by atoms with E-state index in [0.717, 1.165) is 12.1 Å². The molecule has 0 aliphatic carbocycles. The van der Waals surface area contributed by atoms with Crippen LogP contribution in [-0.4, -0.2) is 6.04 Å². The van der Waals surface area contributed by atoms with E-state index in [-0.39, 0.29) is 18.0 Å². The zero-order valence-corrected chi connectivity index (χ0v) is 8.81. The van der Waals surface area contributed by atoms with Gasteiger partial charge in [0.2, 0.25) is 0 Å². The molecule has 1 atom stereocenters. The number of halogens is 4. The maximum atomic E-state index is 12.8. The highest BCUT2D eigenvalue weighted by Gasteiger charge is 2.33. The SMILES string of the molecule is CCC(N)Cc1ccc(F)cc1C(F)(F)F. The molecule has 0 saturated carbocycles. The summed E-state index contributed by atoms with van der Waals surface area (Å²) in [6, 6.07) is 2.34. The maximum Gasteiger partial charge on any atom is 0.416 e. The van der Waals surface area contributed by atoms with E-state index in [9.17, 15) is 17.6 Å². The zero-order valence-electron chi connectivity index (χ0n) is 8.81. The lowest BCUT2D eigenvalue weighted by Crippen LogP contribution is -2.23. The van der Waals surface area contributed by atoms with Crippen molar-refractivity contribution in [3.8, 4) is 0 Å². The number of hydrogen-bond acceptors (Lipinski definition) is 1. The van der Waals surface area contributed by atoms with Gasteiger partial charge in [0.1, 0.15) is 5.82 Å². The minimum absolute atomic E-state index is 0.0447. The van der Waals surface area contributed by atoms with Gasteiger partial charge in [-0.25, -0.2) is 4.39 Å². The minimum Gasteiger partial charge on any atom is -0.327 e. The number of benzene rings is 1. The highest BCUT2D eigenvalue weighted by atomic mass is 19.4. The van der Waals surface area contributed by atoms with Crippen LogP contribution < -0.4 is 5.73 Å². The standard InChI is InChI=1S/C11H13F4N/c1-2-9(16)5-7-3-4-8(12)6-10(7)11(13,14)15/h3-4,6,9H,2,5,16H2,1H3. The van der Waals surface area contributed by atoms with Gasteiger partial charge in [-0.3, -0.25) is 0 Å². The lowest BCUT2D eigenvalue weighted by Gasteiger charge is -2.15. The molecule has 1 rings (SSSR count). The molecule has 16 heavy (non-hydrogen) atoms. The summed E-state index contributed by atoms with van der Waals surface area (Å²) in [5.74, 6) is -0.888. The molecule has 0 aromatic heterocycles. The Morgan fingerprint density at radius 1 is 1.31 bits per heavy atom. The summed E-state index contributed by atoms with van der Waals surface area (Å²) in [6.07, 6.45) is -3.86. The van der Waals surface area contributed by atoms with Crippen LogP contribution in [0, 0.1) is 5.82 Å². The molecule has 0 spiro atoms. The average Bonchev–Trinajstić information content (AvgIpc) is 2.19. The van der Waals surface area contributed by atoms with E-state index < -0.39 is 17.6 Å². The van der Waals surface area contributed by atoms with Crippen LogP contribution in [0.25, 0.3) is 0 Å². The third-order valence-corrected chi connectivity index (χ3v) is 2.38. The topological polar surface area (TPSA) is 26.0 Å². The summed E-state index contributed by atoms with van der Waals surface area (Å²) in [7, 11) is 0. The smallest absolute Gasteiger partial charge is 0.327 e. The van der Waals surface area contributed by atoms with Crippen molar-refractivity contribution in [1.29, 1.82) is 0 Å². The van der Waals surface area contributed by atoms with Crippen molar-refractivity contribution in [3.05, 3.63) is 35.1 Å². The molecular weight excluding hydrogens is 222 g/mol. The highest BCUT2D eigenvalue weighted by molar-refractivity contribution is 5.31. The molecule has 2 N–H and O–H groups in total. The van der Waals surface area contributed by atoms with E-state index in [4.69, 9.17) is 5.73 Å². The Morgan fingerprint density at radius 2 is 1.94 bits per heavy atom. The van der Waals surface area contributed by atoms with E-state index in [1.165, 1.54) is 0 Å². The van der Waals surface area contributed by atoms with Crippen molar-refractivity contribution < 1.29 is 17.6 Å². The van der Waals surface area contributed by atoms with Gasteiger partial charge in [0.05, 0.1) is 5.56 Å². The first-order chi connectivity index (χ1) is 7.34. The van der Waals surface area contributed by atoms with Gasteiger partial charge in [-0.15, -0.1) is 0 Å². The van der Waals surface area contributed by atoms with Gasteiger partial charge in [-0.05, 0) is 30.5 Å². The molecule has 0 aliphatic heterocycles. The fourth-order valence-electron chi connectivity index (χ4n) is 1.42. The first-order valence-electron chi connectivity index (χ1n) is 4.95. The Morgan fingerprint density at radius 3 is 2.44 bits per heavy atom. The van der Waals surface area contributed by atoms with Crippen LogP contribution in [0.15, 0.2) is 18.2 Å². The summed E-state index contributed by atoms with van der Waals surface area (Å²) in [6.45, 7) is 1.79. The number of rotatable bonds is 3. The van der Waals surface area contributed by atoms with Crippen molar-refractivity contribution in [1.82, 2.24) is 0 Å². The average molecular weight is 235 g/mol. The van der Waals surface area contributed by atoms with Crippen molar-refractivity contribution in [2.75, 3.05) is 0 Å². The summed E-state index contributed by atoms with van der Waals surface area (Å²) >= 11 is 0. The minimum atomic E-state index is -4.54. The Labute approximate surface area is 91.3 Å². The number of nitrogens with two attached hydrogens (primary N) is 1. The molecule has 1 aromatic carbocycles. The van der Waals surface area contributed by atoms with Crippen LogP contribution in [-0.2, 0) is 12.6 Å². The van der Waals surface area contributed by atoms with Gasteiger partial charge in [0.25, 0.3) is 0 Å². The zero-order chi connectivity index (χ0) is 12.3. The summed E-state index contributed by atoms with van der Waals surface area (Å²) < 4.78 is 50.5. The monoisotopic (exact) mass is 235 g/mol. The molecule has 90 valence electrons.